The van der Waals surface area contributed by atoms with E-state index in [1.54, 1.807) is 6.07 Å². The molecule has 1 atom stereocenters. The Bertz CT molecular complexity index is 471. The molecular formula is C15H21NO4. The number of hydrogen-bond acceptors (Lipinski definition) is 4. The third-order valence-corrected chi connectivity index (χ3v) is 3.16. The van der Waals surface area contributed by atoms with Gasteiger partial charge in [0.1, 0.15) is 0 Å². The second kappa shape index (κ2) is 6.61. The smallest absolute Gasteiger partial charge is 0.344 e. The average Bonchev–Trinajstić information content (AvgIpc) is 3.23. The van der Waals surface area contributed by atoms with Crippen LogP contribution in [-0.4, -0.2) is 29.8 Å². The fourth-order valence-electron chi connectivity index (χ4n) is 1.87. The molecule has 110 valence electrons. The summed E-state index contributed by atoms with van der Waals surface area (Å²) in [6.45, 7) is 4.58. The highest BCUT2D eigenvalue weighted by Gasteiger charge is 2.22. The molecule has 1 unspecified atom stereocenters. The summed E-state index contributed by atoms with van der Waals surface area (Å²) in [6.07, 6.45) is 1.50. The number of carboxylic acid groups (broad SMARTS) is 1. The normalized spacial score (nSPS) is 15.7. The Kier molecular flexibility index (Phi) is 4.84. The van der Waals surface area contributed by atoms with E-state index in [1.807, 2.05) is 19.1 Å². The van der Waals surface area contributed by atoms with Crippen molar-refractivity contribution in [2.24, 2.45) is 0 Å². The SMILES string of the molecule is CCOc1cccc(CNC2CC2)c1OC(C)C(=O)O. The number of carboxylic acids is 1. The zero-order valence-corrected chi connectivity index (χ0v) is 11.9. The molecule has 5 nitrogen and oxygen atoms in total. The van der Waals surface area contributed by atoms with Gasteiger partial charge in [0, 0.05) is 18.2 Å². The molecule has 1 saturated carbocycles. The maximum absolute atomic E-state index is 11.0. The lowest BCUT2D eigenvalue weighted by atomic mass is 10.1. The molecule has 2 rings (SSSR count). The molecule has 0 radical (unpaired) electrons. The van der Waals surface area contributed by atoms with Crippen molar-refractivity contribution < 1.29 is 19.4 Å². The number of hydrogen-bond donors (Lipinski definition) is 2. The lowest BCUT2D eigenvalue weighted by Gasteiger charge is -2.18. The summed E-state index contributed by atoms with van der Waals surface area (Å²) in [4.78, 5) is 11.0. The monoisotopic (exact) mass is 279 g/mol. The molecule has 0 spiro atoms. The summed E-state index contributed by atoms with van der Waals surface area (Å²) in [5.41, 5.74) is 0.927. The van der Waals surface area contributed by atoms with Gasteiger partial charge in [-0.15, -0.1) is 0 Å². The fourth-order valence-corrected chi connectivity index (χ4v) is 1.87. The highest BCUT2D eigenvalue weighted by atomic mass is 16.5. The van der Waals surface area contributed by atoms with E-state index in [2.05, 4.69) is 5.32 Å². The van der Waals surface area contributed by atoms with Gasteiger partial charge in [0.25, 0.3) is 0 Å². The zero-order valence-electron chi connectivity index (χ0n) is 11.9. The van der Waals surface area contributed by atoms with Crippen LogP contribution in [0.5, 0.6) is 11.5 Å². The van der Waals surface area contributed by atoms with Crippen molar-refractivity contribution >= 4 is 5.97 Å². The minimum Gasteiger partial charge on any atom is -0.490 e. The summed E-state index contributed by atoms with van der Waals surface area (Å²) in [7, 11) is 0. The molecule has 20 heavy (non-hydrogen) atoms. The van der Waals surface area contributed by atoms with E-state index in [4.69, 9.17) is 14.6 Å². The van der Waals surface area contributed by atoms with E-state index in [1.165, 1.54) is 19.8 Å². The summed E-state index contributed by atoms with van der Waals surface area (Å²) in [5, 5.41) is 12.4. The van der Waals surface area contributed by atoms with Gasteiger partial charge >= 0.3 is 5.97 Å². The maximum Gasteiger partial charge on any atom is 0.344 e. The van der Waals surface area contributed by atoms with Gasteiger partial charge in [-0.2, -0.15) is 0 Å². The standard InChI is InChI=1S/C15H21NO4/c1-3-19-13-6-4-5-11(9-16-12-7-8-12)14(13)20-10(2)15(17)18/h4-6,10,12,16H,3,7-9H2,1-2H3,(H,17,18). The van der Waals surface area contributed by atoms with Crippen molar-refractivity contribution in [3.63, 3.8) is 0 Å². The first kappa shape index (κ1) is 14.7. The lowest BCUT2D eigenvalue weighted by Crippen LogP contribution is -2.24. The highest BCUT2D eigenvalue weighted by molar-refractivity contribution is 5.72. The summed E-state index contributed by atoms with van der Waals surface area (Å²) >= 11 is 0. The molecule has 1 aromatic rings. The number of aliphatic carboxylic acids is 1. The first-order valence-corrected chi connectivity index (χ1v) is 6.99. The molecule has 1 aliphatic rings. The number of rotatable bonds is 8. The van der Waals surface area contributed by atoms with E-state index >= 15 is 0 Å². The second-order valence-corrected chi connectivity index (χ2v) is 4.93. The van der Waals surface area contributed by atoms with E-state index in [0.29, 0.717) is 30.7 Å². The van der Waals surface area contributed by atoms with Crippen molar-refractivity contribution in [2.45, 2.75) is 45.4 Å². The molecule has 1 aromatic carbocycles. The molecule has 0 amide bonds. The van der Waals surface area contributed by atoms with Gasteiger partial charge in [-0.3, -0.25) is 0 Å². The minimum atomic E-state index is -0.989. The molecule has 0 aliphatic heterocycles. The van der Waals surface area contributed by atoms with Gasteiger partial charge in [-0.05, 0) is 32.8 Å². The van der Waals surface area contributed by atoms with Crippen LogP contribution in [0.25, 0.3) is 0 Å². The van der Waals surface area contributed by atoms with Crippen LogP contribution in [0.15, 0.2) is 18.2 Å². The van der Waals surface area contributed by atoms with E-state index in [-0.39, 0.29) is 0 Å². The van der Waals surface area contributed by atoms with Gasteiger partial charge in [0.15, 0.2) is 17.6 Å². The summed E-state index contributed by atoms with van der Waals surface area (Å²) in [5.74, 6) is 0.130. The second-order valence-electron chi connectivity index (χ2n) is 4.93. The van der Waals surface area contributed by atoms with Crippen molar-refractivity contribution in [2.75, 3.05) is 6.61 Å². The minimum absolute atomic E-state index is 0.511. The van der Waals surface area contributed by atoms with Crippen molar-refractivity contribution in [1.82, 2.24) is 5.32 Å². The first-order valence-electron chi connectivity index (χ1n) is 6.99. The number of ether oxygens (including phenoxy) is 2. The van der Waals surface area contributed by atoms with Crippen molar-refractivity contribution in [3.8, 4) is 11.5 Å². The van der Waals surface area contributed by atoms with E-state index in [0.717, 1.165) is 5.56 Å². The Balaban J connectivity index is 2.18. The van der Waals surface area contributed by atoms with Gasteiger partial charge in [-0.1, -0.05) is 12.1 Å². The van der Waals surface area contributed by atoms with Crippen molar-refractivity contribution in [3.05, 3.63) is 23.8 Å². The molecule has 2 N–H and O–H groups in total. The quantitative estimate of drug-likeness (QED) is 0.763. The Morgan fingerprint density at radius 2 is 2.25 bits per heavy atom. The molecule has 5 heteroatoms. The topological polar surface area (TPSA) is 67.8 Å². The molecule has 0 bridgehead atoms. The van der Waals surface area contributed by atoms with E-state index < -0.39 is 12.1 Å². The Morgan fingerprint density at radius 3 is 2.85 bits per heavy atom. The van der Waals surface area contributed by atoms with E-state index in [9.17, 15) is 4.79 Å². The molecular weight excluding hydrogens is 258 g/mol. The molecule has 1 fully saturated rings. The van der Waals surface area contributed by atoms with Gasteiger partial charge in [-0.25, -0.2) is 4.79 Å². The molecule has 0 aromatic heterocycles. The summed E-state index contributed by atoms with van der Waals surface area (Å²) in [6, 6.07) is 6.21. The van der Waals surface area contributed by atoms with Gasteiger partial charge < -0.3 is 19.9 Å². The Labute approximate surface area is 118 Å². The third-order valence-electron chi connectivity index (χ3n) is 3.16. The number of benzene rings is 1. The first-order chi connectivity index (χ1) is 9.61. The van der Waals surface area contributed by atoms with Crippen LogP contribution >= 0.6 is 0 Å². The zero-order chi connectivity index (χ0) is 14.5. The van der Waals surface area contributed by atoms with Crippen LogP contribution in [0, 0.1) is 0 Å². The fraction of sp³-hybridized carbons (Fsp3) is 0.533. The number of para-hydroxylation sites is 1. The number of nitrogens with one attached hydrogen (secondary N) is 1. The average molecular weight is 279 g/mol. The molecule has 0 saturated heterocycles. The Morgan fingerprint density at radius 1 is 1.50 bits per heavy atom. The lowest BCUT2D eigenvalue weighted by molar-refractivity contribution is -0.144. The maximum atomic E-state index is 11.0. The van der Waals surface area contributed by atoms with Crippen LogP contribution < -0.4 is 14.8 Å². The highest BCUT2D eigenvalue weighted by Crippen LogP contribution is 2.33. The van der Waals surface area contributed by atoms with Crippen molar-refractivity contribution in [1.29, 1.82) is 0 Å². The van der Waals surface area contributed by atoms with Crippen LogP contribution in [0.1, 0.15) is 32.3 Å². The van der Waals surface area contributed by atoms with Gasteiger partial charge in [0.05, 0.1) is 6.61 Å². The largest absolute Gasteiger partial charge is 0.490 e. The summed E-state index contributed by atoms with van der Waals surface area (Å²) < 4.78 is 11.1. The predicted molar refractivity (Wildman–Crippen MR) is 75.2 cm³/mol. The Hall–Kier alpha value is -1.75. The number of carbonyl (C=O) groups is 1. The van der Waals surface area contributed by atoms with Crippen LogP contribution in [0.3, 0.4) is 0 Å². The third kappa shape index (κ3) is 3.87. The molecule has 0 heterocycles. The van der Waals surface area contributed by atoms with Crippen LogP contribution in [0.2, 0.25) is 0 Å². The van der Waals surface area contributed by atoms with Crippen LogP contribution in [-0.2, 0) is 11.3 Å². The molecule has 1 aliphatic carbocycles. The predicted octanol–water partition coefficient (Wildman–Crippen LogP) is 2.19. The van der Waals surface area contributed by atoms with Crippen LogP contribution in [0.4, 0.5) is 0 Å². The van der Waals surface area contributed by atoms with Gasteiger partial charge in [0.2, 0.25) is 0 Å².